The summed E-state index contributed by atoms with van der Waals surface area (Å²) in [5.74, 6) is -0.366. The molecule has 0 aliphatic carbocycles. The molecule has 0 aliphatic heterocycles. The molecule has 0 radical (unpaired) electrons. The predicted octanol–water partition coefficient (Wildman–Crippen LogP) is 3.01. The largest absolute Gasteiger partial charge is 0.461 e. The van der Waals surface area contributed by atoms with E-state index in [1.807, 2.05) is 20.0 Å². The third kappa shape index (κ3) is 3.51. The van der Waals surface area contributed by atoms with Crippen LogP contribution in [0.3, 0.4) is 0 Å². The van der Waals surface area contributed by atoms with Crippen molar-refractivity contribution in [2.75, 3.05) is 11.9 Å². The Labute approximate surface area is 119 Å². The fourth-order valence-corrected chi connectivity index (χ4v) is 3.02. The lowest BCUT2D eigenvalue weighted by Crippen LogP contribution is -2.07. The average Bonchev–Trinajstić information content (AvgIpc) is 2.93. The first kappa shape index (κ1) is 14.0. The number of hydrogen-bond acceptors (Lipinski definition) is 7. The maximum atomic E-state index is 11.6. The van der Waals surface area contributed by atoms with Crippen LogP contribution in [-0.2, 0) is 11.3 Å². The molecule has 2 rings (SSSR count). The van der Waals surface area contributed by atoms with Crippen molar-refractivity contribution in [3.63, 3.8) is 0 Å². The molecule has 7 heteroatoms. The van der Waals surface area contributed by atoms with Crippen molar-refractivity contribution < 1.29 is 9.53 Å². The smallest absolute Gasteiger partial charge is 0.358 e. The van der Waals surface area contributed by atoms with Crippen molar-refractivity contribution in [2.24, 2.45) is 0 Å². The number of carbonyl (C=O) groups excluding carboxylic acids is 1. The van der Waals surface area contributed by atoms with E-state index in [9.17, 15) is 4.79 Å². The maximum absolute atomic E-state index is 11.6. The Bertz CT molecular complexity index is 577. The number of aromatic nitrogens is 2. The van der Waals surface area contributed by atoms with Gasteiger partial charge in [0, 0.05) is 16.0 Å². The summed E-state index contributed by atoms with van der Waals surface area (Å²) in [6.07, 6.45) is 1.85. The highest BCUT2D eigenvalue weighted by atomic mass is 32.1. The van der Waals surface area contributed by atoms with Gasteiger partial charge < -0.3 is 10.1 Å². The van der Waals surface area contributed by atoms with E-state index >= 15 is 0 Å². The zero-order valence-electron chi connectivity index (χ0n) is 11.0. The van der Waals surface area contributed by atoms with Crippen molar-refractivity contribution in [3.05, 3.63) is 26.7 Å². The lowest BCUT2D eigenvalue weighted by atomic mass is 10.4. The van der Waals surface area contributed by atoms with E-state index < -0.39 is 0 Å². The number of ether oxygens (including phenoxy) is 1. The quantitative estimate of drug-likeness (QED) is 0.859. The van der Waals surface area contributed by atoms with Crippen LogP contribution in [0.4, 0.5) is 5.13 Å². The average molecular weight is 297 g/mol. The van der Waals surface area contributed by atoms with E-state index in [0.29, 0.717) is 24.0 Å². The highest BCUT2D eigenvalue weighted by molar-refractivity contribution is 7.15. The normalized spacial score (nSPS) is 10.5. The van der Waals surface area contributed by atoms with Crippen molar-refractivity contribution in [3.8, 4) is 0 Å². The number of esters is 1. The molecule has 0 aliphatic rings. The predicted molar refractivity (Wildman–Crippen MR) is 77.0 cm³/mol. The number of carbonyl (C=O) groups is 1. The molecule has 0 fully saturated rings. The van der Waals surface area contributed by atoms with Gasteiger partial charge in [-0.3, -0.25) is 0 Å². The maximum Gasteiger partial charge on any atom is 0.358 e. The van der Waals surface area contributed by atoms with Crippen LogP contribution in [0.1, 0.15) is 32.2 Å². The summed E-state index contributed by atoms with van der Waals surface area (Å²) >= 11 is 3.09. The molecule has 0 aromatic carbocycles. The second-order valence-electron chi connectivity index (χ2n) is 3.86. The van der Waals surface area contributed by atoms with E-state index in [1.165, 1.54) is 16.2 Å². The highest BCUT2D eigenvalue weighted by Crippen LogP contribution is 2.23. The first-order valence-electron chi connectivity index (χ1n) is 5.90. The van der Waals surface area contributed by atoms with Crippen LogP contribution in [-0.4, -0.2) is 22.5 Å². The summed E-state index contributed by atoms with van der Waals surface area (Å²) < 4.78 is 4.96. The second kappa shape index (κ2) is 6.12. The number of nitrogens with one attached hydrogen (secondary N) is 1. The molecule has 2 aromatic rings. The fraction of sp³-hybridized carbons (Fsp3) is 0.417. The summed E-state index contributed by atoms with van der Waals surface area (Å²) in [7, 11) is 0. The Morgan fingerprint density at radius 1 is 1.42 bits per heavy atom. The minimum Gasteiger partial charge on any atom is -0.461 e. The van der Waals surface area contributed by atoms with Gasteiger partial charge in [0.2, 0.25) is 0 Å². The molecule has 102 valence electrons. The van der Waals surface area contributed by atoms with E-state index in [1.54, 1.807) is 18.3 Å². The SMILES string of the molecule is CCOC(=O)c1nc(NCc2ncc(C)s2)sc1C. The zero-order valence-corrected chi connectivity index (χ0v) is 12.7. The molecule has 0 atom stereocenters. The lowest BCUT2D eigenvalue weighted by Gasteiger charge is -1.99. The summed E-state index contributed by atoms with van der Waals surface area (Å²) in [5, 5.41) is 4.90. The number of hydrogen-bond donors (Lipinski definition) is 1. The molecule has 0 saturated heterocycles. The van der Waals surface area contributed by atoms with Gasteiger partial charge in [0.1, 0.15) is 5.01 Å². The Morgan fingerprint density at radius 2 is 2.21 bits per heavy atom. The van der Waals surface area contributed by atoms with Gasteiger partial charge in [-0.05, 0) is 20.8 Å². The van der Waals surface area contributed by atoms with Crippen molar-refractivity contribution in [1.29, 1.82) is 0 Å². The molecule has 0 spiro atoms. The van der Waals surface area contributed by atoms with Crippen LogP contribution in [0.2, 0.25) is 0 Å². The Hall–Kier alpha value is -1.47. The summed E-state index contributed by atoms with van der Waals surface area (Å²) in [4.78, 5) is 22.2. The highest BCUT2D eigenvalue weighted by Gasteiger charge is 2.16. The number of aryl methyl sites for hydroxylation is 2. The number of thiazole rings is 2. The number of nitrogens with zero attached hydrogens (tertiary/aromatic N) is 2. The van der Waals surface area contributed by atoms with Crippen LogP contribution in [0, 0.1) is 13.8 Å². The third-order valence-corrected chi connectivity index (χ3v) is 4.17. The monoisotopic (exact) mass is 297 g/mol. The van der Waals surface area contributed by atoms with Crippen LogP contribution in [0.15, 0.2) is 6.20 Å². The molecular weight excluding hydrogens is 282 g/mol. The molecule has 0 saturated carbocycles. The molecule has 19 heavy (non-hydrogen) atoms. The van der Waals surface area contributed by atoms with Gasteiger partial charge in [-0.2, -0.15) is 0 Å². The lowest BCUT2D eigenvalue weighted by molar-refractivity contribution is 0.0519. The fourth-order valence-electron chi connectivity index (χ4n) is 1.50. The minimum atomic E-state index is -0.366. The van der Waals surface area contributed by atoms with E-state index in [0.717, 1.165) is 9.88 Å². The van der Waals surface area contributed by atoms with Crippen LogP contribution < -0.4 is 5.32 Å². The van der Waals surface area contributed by atoms with Gasteiger partial charge in [0.15, 0.2) is 10.8 Å². The molecular formula is C12H15N3O2S2. The van der Waals surface area contributed by atoms with Gasteiger partial charge in [0.05, 0.1) is 13.2 Å². The molecule has 2 aromatic heterocycles. The van der Waals surface area contributed by atoms with Gasteiger partial charge in [-0.25, -0.2) is 14.8 Å². The third-order valence-electron chi connectivity index (χ3n) is 2.33. The second-order valence-corrected chi connectivity index (χ2v) is 6.39. The first-order valence-corrected chi connectivity index (χ1v) is 7.53. The minimum absolute atomic E-state index is 0.358. The molecule has 0 unspecified atom stereocenters. The van der Waals surface area contributed by atoms with Crippen molar-refractivity contribution >= 4 is 33.8 Å². The number of anilines is 1. The topological polar surface area (TPSA) is 64.1 Å². The van der Waals surface area contributed by atoms with Gasteiger partial charge in [-0.15, -0.1) is 22.7 Å². The summed E-state index contributed by atoms with van der Waals surface area (Å²) in [5.41, 5.74) is 0.393. The van der Waals surface area contributed by atoms with Crippen molar-refractivity contribution in [1.82, 2.24) is 9.97 Å². The summed E-state index contributed by atoms with van der Waals surface area (Å²) in [6, 6.07) is 0. The molecule has 0 amide bonds. The van der Waals surface area contributed by atoms with E-state index in [2.05, 4.69) is 15.3 Å². The van der Waals surface area contributed by atoms with Crippen LogP contribution in [0.25, 0.3) is 0 Å². The molecule has 0 bridgehead atoms. The molecule has 2 heterocycles. The van der Waals surface area contributed by atoms with Gasteiger partial charge in [0.25, 0.3) is 0 Å². The molecule has 1 N–H and O–H groups in total. The van der Waals surface area contributed by atoms with Crippen LogP contribution in [0.5, 0.6) is 0 Å². The standard InChI is InChI=1S/C12H15N3O2S2/c1-4-17-11(16)10-8(3)19-12(15-10)14-6-9-13-5-7(2)18-9/h5H,4,6H2,1-3H3,(H,14,15). The van der Waals surface area contributed by atoms with Crippen LogP contribution >= 0.6 is 22.7 Å². The molecule has 5 nitrogen and oxygen atoms in total. The van der Waals surface area contributed by atoms with Crippen molar-refractivity contribution in [2.45, 2.75) is 27.3 Å². The Kier molecular flexibility index (Phi) is 4.49. The first-order chi connectivity index (χ1) is 9.10. The van der Waals surface area contributed by atoms with E-state index in [-0.39, 0.29) is 5.97 Å². The van der Waals surface area contributed by atoms with Gasteiger partial charge in [-0.1, -0.05) is 0 Å². The Balaban J connectivity index is 2.01. The zero-order chi connectivity index (χ0) is 13.8. The summed E-state index contributed by atoms with van der Waals surface area (Å²) in [6.45, 7) is 6.64. The number of rotatable bonds is 5. The Morgan fingerprint density at radius 3 is 2.84 bits per heavy atom. The van der Waals surface area contributed by atoms with Gasteiger partial charge >= 0.3 is 5.97 Å². The van der Waals surface area contributed by atoms with E-state index in [4.69, 9.17) is 4.74 Å².